The van der Waals surface area contributed by atoms with E-state index in [0.717, 1.165) is 28.2 Å². The fourth-order valence-corrected chi connectivity index (χ4v) is 3.12. The average molecular weight is 336 g/mol. The van der Waals surface area contributed by atoms with Gasteiger partial charge in [0.15, 0.2) is 10.8 Å². The molecule has 2 aromatic carbocycles. The number of carbonyl (C=O) groups is 1. The van der Waals surface area contributed by atoms with E-state index in [9.17, 15) is 4.79 Å². The molecule has 0 bridgehead atoms. The van der Waals surface area contributed by atoms with Crippen LogP contribution in [-0.2, 0) is 4.79 Å². The second kappa shape index (κ2) is 5.93. The summed E-state index contributed by atoms with van der Waals surface area (Å²) in [6.07, 6.45) is 3.33. The minimum atomic E-state index is -0.897. The molecule has 0 unspecified atom stereocenters. The lowest BCUT2D eigenvalue weighted by Gasteiger charge is -2.08. The van der Waals surface area contributed by atoms with Gasteiger partial charge < -0.3 is 5.11 Å². The number of hydrogen-bond donors (Lipinski definition) is 1. The van der Waals surface area contributed by atoms with Gasteiger partial charge in [0, 0.05) is 5.39 Å². The molecule has 1 N–H and O–H groups in total. The molecule has 0 amide bonds. The number of fused-ring (bicyclic) bond motifs is 2. The number of imidazole rings is 1. The van der Waals surface area contributed by atoms with Crippen LogP contribution in [0.3, 0.4) is 0 Å². The van der Waals surface area contributed by atoms with Crippen molar-refractivity contribution in [2.24, 2.45) is 0 Å². The summed E-state index contributed by atoms with van der Waals surface area (Å²) in [5.74, 6) is -0.972. The van der Waals surface area contributed by atoms with E-state index in [-0.39, 0.29) is 5.75 Å². The number of carboxylic acids is 1. The maximum atomic E-state index is 10.7. The van der Waals surface area contributed by atoms with E-state index in [1.165, 1.54) is 0 Å². The second-order valence-electron chi connectivity index (χ2n) is 5.16. The second-order valence-corrected chi connectivity index (χ2v) is 6.10. The predicted molar refractivity (Wildman–Crippen MR) is 92.5 cm³/mol. The van der Waals surface area contributed by atoms with Gasteiger partial charge in [-0.05, 0) is 11.5 Å². The van der Waals surface area contributed by atoms with Crippen molar-refractivity contribution in [1.82, 2.24) is 19.5 Å². The van der Waals surface area contributed by atoms with Crippen molar-refractivity contribution in [1.29, 1.82) is 0 Å². The Morgan fingerprint density at radius 1 is 1.12 bits per heavy atom. The van der Waals surface area contributed by atoms with Crippen LogP contribution in [0.2, 0.25) is 0 Å². The van der Waals surface area contributed by atoms with Gasteiger partial charge in [0.1, 0.15) is 11.8 Å². The normalized spacial score (nSPS) is 11.2. The van der Waals surface area contributed by atoms with Crippen molar-refractivity contribution in [3.8, 4) is 5.69 Å². The van der Waals surface area contributed by atoms with Crippen molar-refractivity contribution in [2.75, 3.05) is 5.75 Å². The molecule has 0 saturated carbocycles. The summed E-state index contributed by atoms with van der Waals surface area (Å²) in [4.78, 5) is 23.7. The van der Waals surface area contributed by atoms with Gasteiger partial charge in [0.2, 0.25) is 0 Å². The van der Waals surface area contributed by atoms with Gasteiger partial charge in [0.25, 0.3) is 0 Å². The Bertz CT molecular complexity index is 1060. The predicted octanol–water partition coefficient (Wildman–Crippen LogP) is 3.15. The van der Waals surface area contributed by atoms with Gasteiger partial charge >= 0.3 is 5.97 Å². The van der Waals surface area contributed by atoms with E-state index in [1.54, 1.807) is 12.5 Å². The van der Waals surface area contributed by atoms with E-state index in [0.29, 0.717) is 16.3 Å². The van der Waals surface area contributed by atoms with Gasteiger partial charge in [0.05, 0.1) is 17.6 Å². The fraction of sp³-hybridized carbons (Fsp3) is 0.0588. The van der Waals surface area contributed by atoms with Crippen LogP contribution in [0.4, 0.5) is 0 Å². The molecule has 7 heteroatoms. The number of benzene rings is 2. The maximum absolute atomic E-state index is 10.7. The van der Waals surface area contributed by atoms with Crippen LogP contribution in [0.5, 0.6) is 0 Å². The lowest BCUT2D eigenvalue weighted by atomic mass is 10.1. The molecule has 0 aliphatic carbocycles. The van der Waals surface area contributed by atoms with Crippen molar-refractivity contribution in [3.05, 3.63) is 55.0 Å². The van der Waals surface area contributed by atoms with Crippen LogP contribution < -0.4 is 0 Å². The highest BCUT2D eigenvalue weighted by molar-refractivity contribution is 7.99. The molecule has 0 radical (unpaired) electrons. The third-order valence-electron chi connectivity index (χ3n) is 3.62. The molecule has 2 aromatic heterocycles. The maximum Gasteiger partial charge on any atom is 0.313 e. The van der Waals surface area contributed by atoms with Gasteiger partial charge in [-0.2, -0.15) is 0 Å². The summed E-state index contributed by atoms with van der Waals surface area (Å²) >= 11 is 1.09. The van der Waals surface area contributed by atoms with E-state index in [1.807, 2.05) is 28.8 Å². The SMILES string of the molecule is O=C(O)CSc1ncc2ncn(-c3cccc4ccccc34)c2n1. The molecule has 118 valence electrons. The molecule has 4 aromatic rings. The monoisotopic (exact) mass is 336 g/mol. The third kappa shape index (κ3) is 2.59. The molecule has 0 aliphatic rings. The molecule has 6 nitrogen and oxygen atoms in total. The Morgan fingerprint density at radius 3 is 2.83 bits per heavy atom. The zero-order valence-electron chi connectivity index (χ0n) is 12.5. The van der Waals surface area contributed by atoms with Gasteiger partial charge in [-0.15, -0.1) is 0 Å². The quantitative estimate of drug-likeness (QED) is 0.455. The standard InChI is InChI=1S/C17H12N4O2S/c22-15(23)9-24-17-18-8-13-16(20-17)21(10-19-13)14-7-3-5-11-4-1-2-6-12(11)14/h1-8,10H,9H2,(H,22,23). The first-order chi connectivity index (χ1) is 11.7. The first-order valence-electron chi connectivity index (χ1n) is 7.25. The van der Waals surface area contributed by atoms with Gasteiger partial charge in [-0.1, -0.05) is 48.2 Å². The first kappa shape index (κ1) is 14.6. The Hall–Kier alpha value is -2.93. The number of rotatable bonds is 4. The summed E-state index contributed by atoms with van der Waals surface area (Å²) in [6, 6.07) is 14.2. The average Bonchev–Trinajstić information content (AvgIpc) is 3.02. The van der Waals surface area contributed by atoms with E-state index < -0.39 is 5.97 Å². The first-order valence-corrected chi connectivity index (χ1v) is 8.24. The highest BCUT2D eigenvalue weighted by atomic mass is 32.2. The smallest absolute Gasteiger partial charge is 0.313 e. The molecule has 24 heavy (non-hydrogen) atoms. The summed E-state index contributed by atoms with van der Waals surface area (Å²) < 4.78 is 1.91. The molecule has 4 rings (SSSR count). The molecule has 0 aliphatic heterocycles. The van der Waals surface area contributed by atoms with Crippen LogP contribution in [0, 0.1) is 0 Å². The number of aliphatic carboxylic acids is 1. The van der Waals surface area contributed by atoms with E-state index in [4.69, 9.17) is 5.11 Å². The van der Waals surface area contributed by atoms with Crippen molar-refractivity contribution in [3.63, 3.8) is 0 Å². The summed E-state index contributed by atoms with van der Waals surface area (Å²) in [5, 5.41) is 11.5. The minimum Gasteiger partial charge on any atom is -0.481 e. The molecule has 0 fully saturated rings. The Balaban J connectivity index is 1.86. The zero-order valence-corrected chi connectivity index (χ0v) is 13.3. The zero-order chi connectivity index (χ0) is 16.5. The highest BCUT2D eigenvalue weighted by Gasteiger charge is 2.11. The van der Waals surface area contributed by atoms with Crippen molar-refractivity contribution < 1.29 is 9.90 Å². The number of aromatic nitrogens is 4. The molecule has 0 atom stereocenters. The largest absolute Gasteiger partial charge is 0.481 e. The van der Waals surface area contributed by atoms with Crippen LogP contribution in [0.15, 0.2) is 60.1 Å². The lowest BCUT2D eigenvalue weighted by molar-refractivity contribution is -0.133. The number of thioether (sulfide) groups is 1. The molecule has 0 saturated heterocycles. The molecule has 0 spiro atoms. The number of hydrogen-bond acceptors (Lipinski definition) is 5. The van der Waals surface area contributed by atoms with Crippen LogP contribution in [0.25, 0.3) is 27.6 Å². The van der Waals surface area contributed by atoms with Gasteiger partial charge in [-0.3, -0.25) is 9.36 Å². The van der Waals surface area contributed by atoms with E-state index in [2.05, 4.69) is 33.2 Å². The van der Waals surface area contributed by atoms with Crippen molar-refractivity contribution >= 4 is 39.7 Å². The number of nitrogens with zero attached hydrogens (tertiary/aromatic N) is 4. The Labute approximate surface area is 141 Å². The molecular weight excluding hydrogens is 324 g/mol. The minimum absolute atomic E-state index is 0.0755. The molecular formula is C17H12N4O2S. The Morgan fingerprint density at radius 2 is 1.96 bits per heavy atom. The topological polar surface area (TPSA) is 80.9 Å². The van der Waals surface area contributed by atoms with Crippen LogP contribution >= 0.6 is 11.8 Å². The highest BCUT2D eigenvalue weighted by Crippen LogP contribution is 2.25. The summed E-state index contributed by atoms with van der Waals surface area (Å²) in [5.41, 5.74) is 2.31. The lowest BCUT2D eigenvalue weighted by Crippen LogP contribution is -2.00. The Kier molecular flexibility index (Phi) is 3.62. The molecule has 2 heterocycles. The fourth-order valence-electron chi connectivity index (χ4n) is 2.58. The van der Waals surface area contributed by atoms with Gasteiger partial charge in [-0.25, -0.2) is 15.0 Å². The van der Waals surface area contributed by atoms with E-state index >= 15 is 0 Å². The third-order valence-corrected chi connectivity index (χ3v) is 4.47. The summed E-state index contributed by atoms with van der Waals surface area (Å²) in [7, 11) is 0. The van der Waals surface area contributed by atoms with Crippen LogP contribution in [0.1, 0.15) is 0 Å². The summed E-state index contributed by atoms with van der Waals surface area (Å²) in [6.45, 7) is 0. The van der Waals surface area contributed by atoms with Crippen molar-refractivity contribution in [2.45, 2.75) is 5.16 Å². The van der Waals surface area contributed by atoms with Crippen LogP contribution in [-0.4, -0.2) is 36.3 Å². The number of carboxylic acid groups (broad SMARTS) is 1.